The van der Waals surface area contributed by atoms with Gasteiger partial charge < -0.3 is 10.2 Å². The number of amides is 2. The first-order valence-electron chi connectivity index (χ1n) is 9.64. The number of hydrogen-bond acceptors (Lipinski definition) is 3. The average molecular weight is 417 g/mol. The van der Waals surface area contributed by atoms with E-state index in [2.05, 4.69) is 5.32 Å². The maximum Gasteiger partial charge on any atom is 0.242 e. The fraction of sp³-hybridized carbons (Fsp3) is 0.391. The average Bonchev–Trinajstić information content (AvgIpc) is 2.66. The van der Waals surface area contributed by atoms with E-state index < -0.39 is 6.04 Å². The highest BCUT2D eigenvalue weighted by Crippen LogP contribution is 2.18. The Morgan fingerprint density at radius 2 is 1.69 bits per heavy atom. The van der Waals surface area contributed by atoms with Crippen molar-refractivity contribution in [1.29, 1.82) is 0 Å². The van der Waals surface area contributed by atoms with Gasteiger partial charge in [-0.25, -0.2) is 4.39 Å². The molecule has 2 aromatic rings. The molecule has 2 amide bonds. The summed E-state index contributed by atoms with van der Waals surface area (Å²) in [6, 6.07) is 15.5. The molecule has 4 nitrogen and oxygen atoms in total. The number of rotatable bonds is 8. The van der Waals surface area contributed by atoms with Crippen LogP contribution in [0.4, 0.5) is 4.39 Å². The number of thioether (sulfide) groups is 1. The zero-order chi connectivity index (χ0) is 21.4. The molecule has 2 rings (SSSR count). The summed E-state index contributed by atoms with van der Waals surface area (Å²) < 4.78 is 13.8. The van der Waals surface area contributed by atoms with E-state index in [-0.39, 0.29) is 28.9 Å². The second-order valence-corrected chi connectivity index (χ2v) is 8.99. The fourth-order valence-electron chi connectivity index (χ4n) is 2.78. The van der Waals surface area contributed by atoms with E-state index in [4.69, 9.17) is 0 Å². The zero-order valence-electron chi connectivity index (χ0n) is 17.4. The van der Waals surface area contributed by atoms with Gasteiger partial charge in [0.2, 0.25) is 11.8 Å². The van der Waals surface area contributed by atoms with Crippen LogP contribution in [0.3, 0.4) is 0 Å². The maximum atomic E-state index is 13.8. The van der Waals surface area contributed by atoms with Gasteiger partial charge in [-0.2, -0.15) is 0 Å². The maximum absolute atomic E-state index is 13.8. The van der Waals surface area contributed by atoms with Gasteiger partial charge in [-0.05, 0) is 44.9 Å². The Balaban J connectivity index is 2.07. The van der Waals surface area contributed by atoms with Crippen LogP contribution in [0.5, 0.6) is 0 Å². The highest BCUT2D eigenvalue weighted by molar-refractivity contribution is 7.99. The third kappa shape index (κ3) is 7.54. The van der Waals surface area contributed by atoms with Crippen LogP contribution in [0, 0.1) is 5.82 Å². The third-order valence-corrected chi connectivity index (χ3v) is 5.27. The monoisotopic (exact) mass is 416 g/mol. The van der Waals surface area contributed by atoms with Crippen LogP contribution >= 0.6 is 11.8 Å². The molecule has 29 heavy (non-hydrogen) atoms. The van der Waals surface area contributed by atoms with E-state index in [1.54, 1.807) is 30.0 Å². The van der Waals surface area contributed by atoms with Crippen molar-refractivity contribution in [3.63, 3.8) is 0 Å². The zero-order valence-corrected chi connectivity index (χ0v) is 18.3. The predicted octanol–water partition coefficient (Wildman–Crippen LogP) is 4.39. The lowest BCUT2D eigenvalue weighted by Gasteiger charge is -2.31. The Morgan fingerprint density at radius 1 is 1.07 bits per heavy atom. The van der Waals surface area contributed by atoms with Gasteiger partial charge in [0.1, 0.15) is 11.9 Å². The van der Waals surface area contributed by atoms with Gasteiger partial charge in [0, 0.05) is 17.8 Å². The molecular weight excluding hydrogens is 387 g/mol. The number of hydrogen-bond donors (Lipinski definition) is 1. The van der Waals surface area contributed by atoms with Crippen LogP contribution < -0.4 is 5.32 Å². The van der Waals surface area contributed by atoms with Crippen LogP contribution in [0.25, 0.3) is 0 Å². The molecule has 0 saturated carbocycles. The van der Waals surface area contributed by atoms with Crippen molar-refractivity contribution in [1.82, 2.24) is 10.2 Å². The third-order valence-electron chi connectivity index (χ3n) is 4.30. The van der Waals surface area contributed by atoms with E-state index in [0.29, 0.717) is 17.9 Å². The minimum absolute atomic E-state index is 0.147. The molecule has 1 atom stereocenters. The molecule has 1 N–H and O–H groups in total. The Morgan fingerprint density at radius 3 is 2.31 bits per heavy atom. The lowest BCUT2D eigenvalue weighted by Crippen LogP contribution is -2.52. The predicted molar refractivity (Wildman–Crippen MR) is 117 cm³/mol. The molecule has 2 aromatic carbocycles. The van der Waals surface area contributed by atoms with Gasteiger partial charge in [0.05, 0.1) is 5.75 Å². The van der Waals surface area contributed by atoms with Gasteiger partial charge in [-0.1, -0.05) is 48.5 Å². The molecule has 0 saturated heterocycles. The summed E-state index contributed by atoms with van der Waals surface area (Å²) in [4.78, 5) is 27.2. The molecule has 156 valence electrons. The molecule has 0 fully saturated rings. The van der Waals surface area contributed by atoms with Crippen molar-refractivity contribution >= 4 is 23.6 Å². The van der Waals surface area contributed by atoms with Crippen LogP contribution in [0.15, 0.2) is 54.6 Å². The second kappa shape index (κ2) is 10.4. The summed E-state index contributed by atoms with van der Waals surface area (Å²) in [6.45, 7) is 7.81. The topological polar surface area (TPSA) is 49.4 Å². The number of carbonyl (C=O) groups excluding carboxylic acids is 2. The number of nitrogens with zero attached hydrogens (tertiary/aromatic N) is 1. The van der Waals surface area contributed by atoms with Gasteiger partial charge in [0.25, 0.3) is 0 Å². The molecule has 0 aliphatic heterocycles. The van der Waals surface area contributed by atoms with Gasteiger partial charge in [-0.15, -0.1) is 11.8 Å². The Labute approximate surface area is 176 Å². The summed E-state index contributed by atoms with van der Waals surface area (Å²) >= 11 is 1.35. The lowest BCUT2D eigenvalue weighted by molar-refractivity contribution is -0.139. The van der Waals surface area contributed by atoms with Gasteiger partial charge in [0.15, 0.2) is 0 Å². The first-order valence-corrected chi connectivity index (χ1v) is 10.8. The Kier molecular flexibility index (Phi) is 8.26. The van der Waals surface area contributed by atoms with E-state index in [0.717, 1.165) is 5.56 Å². The Bertz CT molecular complexity index is 821. The normalized spacial score (nSPS) is 12.3. The minimum Gasteiger partial charge on any atom is -0.350 e. The quantitative estimate of drug-likeness (QED) is 0.694. The van der Waals surface area contributed by atoms with E-state index in [1.165, 1.54) is 17.8 Å². The minimum atomic E-state index is -0.615. The van der Waals surface area contributed by atoms with Gasteiger partial charge in [-0.3, -0.25) is 9.59 Å². The number of nitrogens with one attached hydrogen (secondary N) is 1. The highest BCUT2D eigenvalue weighted by Gasteiger charge is 2.28. The Hall–Kier alpha value is -2.34. The molecule has 0 unspecified atom stereocenters. The fourth-order valence-corrected chi connectivity index (χ4v) is 3.68. The molecule has 0 aliphatic rings. The van der Waals surface area contributed by atoms with E-state index >= 15 is 0 Å². The van der Waals surface area contributed by atoms with Crippen LogP contribution in [0.2, 0.25) is 0 Å². The molecule has 6 heteroatoms. The molecule has 0 aliphatic carbocycles. The van der Waals surface area contributed by atoms with Crippen molar-refractivity contribution in [3.8, 4) is 0 Å². The van der Waals surface area contributed by atoms with Crippen LogP contribution in [-0.2, 0) is 21.9 Å². The van der Waals surface area contributed by atoms with E-state index in [9.17, 15) is 14.0 Å². The molecular formula is C23H29FN2O2S. The SMILES string of the molecule is C[C@@H](C(=O)NC(C)(C)C)N(Cc1ccccc1)C(=O)CSCc1ccccc1F. The number of halogens is 1. The number of benzene rings is 2. The van der Waals surface area contributed by atoms with Crippen molar-refractivity contribution in [3.05, 3.63) is 71.5 Å². The first-order chi connectivity index (χ1) is 13.7. The van der Waals surface area contributed by atoms with Crippen LogP contribution in [-0.4, -0.2) is 34.0 Å². The summed E-state index contributed by atoms with van der Waals surface area (Å²) in [6.07, 6.45) is 0. The highest BCUT2D eigenvalue weighted by atomic mass is 32.2. The lowest BCUT2D eigenvalue weighted by atomic mass is 10.1. The molecule has 0 heterocycles. The van der Waals surface area contributed by atoms with Crippen molar-refractivity contribution < 1.29 is 14.0 Å². The van der Waals surface area contributed by atoms with Crippen molar-refractivity contribution in [2.75, 3.05) is 5.75 Å². The van der Waals surface area contributed by atoms with Crippen LogP contribution in [0.1, 0.15) is 38.8 Å². The largest absolute Gasteiger partial charge is 0.350 e. The summed E-state index contributed by atoms with van der Waals surface area (Å²) in [7, 11) is 0. The summed E-state index contributed by atoms with van der Waals surface area (Å²) in [5.74, 6) is -0.0341. The summed E-state index contributed by atoms with van der Waals surface area (Å²) in [5, 5.41) is 2.94. The standard InChI is InChI=1S/C23H29FN2O2S/c1-17(22(28)25-23(2,3)4)26(14-18-10-6-5-7-11-18)21(27)16-29-15-19-12-8-9-13-20(19)24/h5-13,17H,14-16H2,1-4H3,(H,25,28)/t17-/m0/s1. The molecule has 0 spiro atoms. The van der Waals surface area contributed by atoms with Gasteiger partial charge >= 0.3 is 0 Å². The molecule has 0 bridgehead atoms. The first kappa shape index (κ1) is 22.9. The molecule has 0 radical (unpaired) electrons. The smallest absolute Gasteiger partial charge is 0.242 e. The number of carbonyl (C=O) groups is 2. The summed E-state index contributed by atoms with van der Waals surface area (Å²) in [5.41, 5.74) is 1.14. The second-order valence-electron chi connectivity index (χ2n) is 8.01. The van der Waals surface area contributed by atoms with Crippen molar-refractivity contribution in [2.45, 2.75) is 51.6 Å². The molecule has 0 aromatic heterocycles. The van der Waals surface area contributed by atoms with Crippen molar-refractivity contribution in [2.24, 2.45) is 0 Å². The van der Waals surface area contributed by atoms with E-state index in [1.807, 2.05) is 51.1 Å².